The number of carbonyl (C=O) groups is 2. The van der Waals surface area contributed by atoms with Gasteiger partial charge >= 0.3 is 0 Å². The molecule has 2 N–H and O–H groups in total. The molecular formula is C22H20FN3O2S. The highest BCUT2D eigenvalue weighted by atomic mass is 32.1. The lowest BCUT2D eigenvalue weighted by atomic mass is 10.1. The van der Waals surface area contributed by atoms with Crippen molar-refractivity contribution in [3.63, 3.8) is 0 Å². The van der Waals surface area contributed by atoms with E-state index >= 15 is 0 Å². The van der Waals surface area contributed by atoms with Crippen LogP contribution in [-0.2, 0) is 11.2 Å². The van der Waals surface area contributed by atoms with Gasteiger partial charge < -0.3 is 5.32 Å². The third-order valence-electron chi connectivity index (χ3n) is 5.01. The van der Waals surface area contributed by atoms with E-state index in [1.165, 1.54) is 17.4 Å². The van der Waals surface area contributed by atoms with Crippen LogP contribution in [0.4, 0.5) is 15.2 Å². The Balaban J connectivity index is 1.46. The number of hydrogen-bond donors (Lipinski definition) is 2. The molecule has 0 saturated heterocycles. The van der Waals surface area contributed by atoms with Gasteiger partial charge in [0, 0.05) is 16.1 Å². The lowest BCUT2D eigenvalue weighted by molar-refractivity contribution is -0.117. The highest BCUT2D eigenvalue weighted by Crippen LogP contribution is 2.39. The van der Waals surface area contributed by atoms with Crippen molar-refractivity contribution < 1.29 is 14.0 Å². The maximum Gasteiger partial charge on any atom is 0.257 e. The van der Waals surface area contributed by atoms with Crippen LogP contribution in [0.5, 0.6) is 0 Å². The third kappa shape index (κ3) is 4.05. The van der Waals surface area contributed by atoms with Crippen LogP contribution < -0.4 is 10.6 Å². The van der Waals surface area contributed by atoms with Crippen LogP contribution in [-0.4, -0.2) is 16.8 Å². The van der Waals surface area contributed by atoms with Crippen molar-refractivity contribution in [2.75, 3.05) is 10.6 Å². The van der Waals surface area contributed by atoms with E-state index in [4.69, 9.17) is 0 Å². The molecule has 5 nitrogen and oxygen atoms in total. The smallest absolute Gasteiger partial charge is 0.257 e. The van der Waals surface area contributed by atoms with E-state index < -0.39 is 5.92 Å². The van der Waals surface area contributed by atoms with Gasteiger partial charge in [0.2, 0.25) is 5.91 Å². The molecule has 4 rings (SSSR count). The molecule has 29 heavy (non-hydrogen) atoms. The average Bonchev–Trinajstić information content (AvgIpc) is 3.25. The molecule has 0 fully saturated rings. The van der Waals surface area contributed by atoms with Crippen LogP contribution in [0.2, 0.25) is 0 Å². The summed E-state index contributed by atoms with van der Waals surface area (Å²) in [5, 5.41) is 6.08. The number of anilines is 2. The number of halogens is 1. The quantitative estimate of drug-likeness (QED) is 0.649. The van der Waals surface area contributed by atoms with E-state index in [1.54, 1.807) is 31.2 Å². The Morgan fingerprint density at radius 1 is 1.10 bits per heavy atom. The Hall–Kier alpha value is -3.06. The van der Waals surface area contributed by atoms with E-state index in [1.807, 2.05) is 19.1 Å². The number of fused-ring (bicyclic) bond motifs is 1. The molecule has 148 valence electrons. The molecule has 2 aromatic carbocycles. The highest BCUT2D eigenvalue weighted by molar-refractivity contribution is 7.16. The Labute approximate surface area is 172 Å². The second-order valence-corrected chi connectivity index (χ2v) is 8.28. The summed E-state index contributed by atoms with van der Waals surface area (Å²) in [5.74, 6) is -1.21. The summed E-state index contributed by atoms with van der Waals surface area (Å²) in [6.45, 7) is 3.63. The van der Waals surface area contributed by atoms with Gasteiger partial charge in [-0.25, -0.2) is 9.37 Å². The average molecular weight is 409 g/mol. The van der Waals surface area contributed by atoms with Crippen LogP contribution in [0, 0.1) is 19.7 Å². The first-order valence-corrected chi connectivity index (χ1v) is 10.2. The summed E-state index contributed by atoms with van der Waals surface area (Å²) in [4.78, 5) is 30.6. The zero-order valence-electron chi connectivity index (χ0n) is 16.1. The van der Waals surface area contributed by atoms with E-state index in [2.05, 4.69) is 15.6 Å². The summed E-state index contributed by atoms with van der Waals surface area (Å²) in [5.41, 5.74) is 3.28. The van der Waals surface area contributed by atoms with Gasteiger partial charge in [-0.05, 0) is 56.5 Å². The summed E-state index contributed by atoms with van der Waals surface area (Å²) >= 11 is 1.40. The lowest BCUT2D eigenvalue weighted by Crippen LogP contribution is -2.20. The summed E-state index contributed by atoms with van der Waals surface area (Å²) in [6, 6.07) is 11.9. The number of aromatic nitrogens is 1. The molecule has 0 bridgehead atoms. The molecule has 0 aliphatic heterocycles. The number of nitrogens with zero attached hydrogens (tertiary/aromatic N) is 1. The number of carbonyl (C=O) groups excluding carboxylic acids is 2. The minimum Gasteiger partial charge on any atom is -0.325 e. The van der Waals surface area contributed by atoms with Crippen molar-refractivity contribution in [1.82, 2.24) is 4.98 Å². The maximum absolute atomic E-state index is 13.7. The molecule has 1 aliphatic carbocycles. The fourth-order valence-electron chi connectivity index (χ4n) is 3.31. The first-order chi connectivity index (χ1) is 13.9. The SMILES string of the molecule is Cc1ccc(C(=O)Nc2nc3c(s2)CCC3C(=O)Nc2ccc(C)c(F)c2)cc1. The van der Waals surface area contributed by atoms with Crippen molar-refractivity contribution in [2.45, 2.75) is 32.6 Å². The third-order valence-corrected chi connectivity index (χ3v) is 6.05. The van der Waals surface area contributed by atoms with Gasteiger partial charge in [-0.2, -0.15) is 0 Å². The zero-order chi connectivity index (χ0) is 20.5. The molecule has 0 spiro atoms. The zero-order valence-corrected chi connectivity index (χ0v) is 16.9. The molecule has 3 aromatic rings. The van der Waals surface area contributed by atoms with Gasteiger partial charge in [-0.15, -0.1) is 11.3 Å². The molecular weight excluding hydrogens is 389 g/mol. The number of thiazole rings is 1. The molecule has 1 unspecified atom stereocenters. The summed E-state index contributed by atoms with van der Waals surface area (Å²) in [6.07, 6.45) is 1.38. The van der Waals surface area contributed by atoms with Gasteiger partial charge in [0.1, 0.15) is 5.82 Å². The monoisotopic (exact) mass is 409 g/mol. The molecule has 1 aromatic heterocycles. The minimum absolute atomic E-state index is 0.214. The van der Waals surface area contributed by atoms with Crippen molar-refractivity contribution in [2.24, 2.45) is 0 Å². The fraction of sp³-hybridized carbons (Fsp3) is 0.227. The fourth-order valence-corrected chi connectivity index (χ4v) is 4.34. The first kappa shape index (κ1) is 19.3. The Morgan fingerprint density at radius 3 is 2.59 bits per heavy atom. The van der Waals surface area contributed by atoms with Gasteiger partial charge in [0.25, 0.3) is 5.91 Å². The minimum atomic E-state index is -0.407. The maximum atomic E-state index is 13.7. The largest absolute Gasteiger partial charge is 0.325 e. The van der Waals surface area contributed by atoms with Gasteiger partial charge in [0.15, 0.2) is 5.13 Å². The number of nitrogens with one attached hydrogen (secondary N) is 2. The van der Waals surface area contributed by atoms with Gasteiger partial charge in [-0.1, -0.05) is 23.8 Å². The molecule has 1 heterocycles. The van der Waals surface area contributed by atoms with Crippen LogP contribution in [0.1, 0.15) is 44.4 Å². The van der Waals surface area contributed by atoms with Crippen molar-refractivity contribution in [3.8, 4) is 0 Å². The van der Waals surface area contributed by atoms with Crippen LogP contribution in [0.25, 0.3) is 0 Å². The highest BCUT2D eigenvalue weighted by Gasteiger charge is 2.33. The number of amides is 2. The molecule has 1 aliphatic rings. The van der Waals surface area contributed by atoms with E-state index in [0.29, 0.717) is 34.1 Å². The Kier molecular flexibility index (Phi) is 5.15. The Morgan fingerprint density at radius 2 is 1.86 bits per heavy atom. The van der Waals surface area contributed by atoms with Crippen molar-refractivity contribution >= 4 is 34.0 Å². The second kappa shape index (κ2) is 7.75. The molecule has 0 radical (unpaired) electrons. The molecule has 0 saturated carbocycles. The van der Waals surface area contributed by atoms with Crippen molar-refractivity contribution in [1.29, 1.82) is 0 Å². The number of hydrogen-bond acceptors (Lipinski definition) is 4. The predicted octanol–water partition coefficient (Wildman–Crippen LogP) is 4.82. The van der Waals surface area contributed by atoms with Crippen molar-refractivity contribution in [3.05, 3.63) is 75.5 Å². The van der Waals surface area contributed by atoms with Crippen LogP contribution in [0.3, 0.4) is 0 Å². The molecule has 2 amide bonds. The van der Waals surface area contributed by atoms with E-state index in [9.17, 15) is 14.0 Å². The standard InChI is InChI=1S/C22H20FN3O2S/c1-12-3-6-14(7-4-12)20(27)26-22-25-19-16(9-10-18(19)29-22)21(28)24-15-8-5-13(2)17(23)11-15/h3-8,11,16H,9-10H2,1-2H3,(H,24,28)(H,25,26,27). The number of aryl methyl sites for hydroxylation is 3. The normalized spacial score (nSPS) is 15.1. The lowest BCUT2D eigenvalue weighted by Gasteiger charge is -2.11. The predicted molar refractivity (Wildman–Crippen MR) is 112 cm³/mol. The van der Waals surface area contributed by atoms with Crippen LogP contribution in [0.15, 0.2) is 42.5 Å². The molecule has 7 heteroatoms. The topological polar surface area (TPSA) is 71.1 Å². The Bertz CT molecular complexity index is 1090. The number of benzene rings is 2. The summed E-state index contributed by atoms with van der Waals surface area (Å²) in [7, 11) is 0. The summed E-state index contributed by atoms with van der Waals surface area (Å²) < 4.78 is 13.7. The van der Waals surface area contributed by atoms with Gasteiger partial charge in [0.05, 0.1) is 11.6 Å². The van der Waals surface area contributed by atoms with E-state index in [-0.39, 0.29) is 17.6 Å². The van der Waals surface area contributed by atoms with Crippen LogP contribution >= 0.6 is 11.3 Å². The van der Waals surface area contributed by atoms with E-state index in [0.717, 1.165) is 16.9 Å². The number of rotatable bonds is 4. The first-order valence-electron chi connectivity index (χ1n) is 9.35. The molecule has 1 atom stereocenters. The van der Waals surface area contributed by atoms with Gasteiger partial charge in [-0.3, -0.25) is 14.9 Å². The second-order valence-electron chi connectivity index (χ2n) is 7.19.